The molecule has 5 heteroatoms. The van der Waals surface area contributed by atoms with Gasteiger partial charge in [-0.1, -0.05) is 0 Å². The van der Waals surface area contributed by atoms with Crippen LogP contribution in [0.1, 0.15) is 6.42 Å². The fourth-order valence-corrected chi connectivity index (χ4v) is 0.775. The molecule has 1 heterocycles. The van der Waals surface area contributed by atoms with E-state index in [9.17, 15) is 0 Å². The van der Waals surface area contributed by atoms with Gasteiger partial charge in [-0.25, -0.2) is 0 Å². The van der Waals surface area contributed by atoms with Gasteiger partial charge in [-0.2, -0.15) is 0 Å². The molecule has 9 heavy (non-hydrogen) atoms. The maximum absolute atomic E-state index is 8.73. The Bertz CT molecular complexity index is 103. The maximum Gasteiger partial charge on any atom is 0.274 e. The molecular weight excluding hydrogens is 126 g/mol. The Balaban J connectivity index is 2.66. The van der Waals surface area contributed by atoms with Crippen molar-refractivity contribution in [2.45, 2.75) is 18.4 Å². The van der Waals surface area contributed by atoms with E-state index in [1.54, 1.807) is 0 Å². The van der Waals surface area contributed by atoms with Crippen LogP contribution >= 0.6 is 0 Å². The van der Waals surface area contributed by atoms with Crippen molar-refractivity contribution >= 4 is 0 Å². The molecule has 0 radical (unpaired) electrons. The highest BCUT2D eigenvalue weighted by Gasteiger charge is 2.45. The first-order chi connectivity index (χ1) is 4.05. The van der Waals surface area contributed by atoms with E-state index in [4.69, 9.17) is 20.5 Å². The number of hydrogen-bond acceptors (Lipinski definition) is 5. The lowest BCUT2D eigenvalue weighted by atomic mass is 10.3. The molecule has 0 aromatic rings. The standard InChI is InChI=1S/C4H9NO4/c6-3-1-2-5(9)4(3,7)8/h3,6-9H,1-2H2. The summed E-state index contributed by atoms with van der Waals surface area (Å²) in [4.78, 5) is 0. The van der Waals surface area contributed by atoms with Gasteiger partial charge in [0.25, 0.3) is 5.91 Å². The SMILES string of the molecule is OC1CCN(O)C1(O)O. The van der Waals surface area contributed by atoms with Gasteiger partial charge in [0.1, 0.15) is 6.10 Å². The second-order valence-electron chi connectivity index (χ2n) is 2.11. The van der Waals surface area contributed by atoms with Crippen LogP contribution in [0.15, 0.2) is 0 Å². The largest absolute Gasteiger partial charge is 0.386 e. The van der Waals surface area contributed by atoms with Crippen LogP contribution in [0, 0.1) is 0 Å². The summed E-state index contributed by atoms with van der Waals surface area (Å²) in [7, 11) is 0. The molecule has 1 aliphatic rings. The third-order valence-electron chi connectivity index (χ3n) is 1.44. The summed E-state index contributed by atoms with van der Waals surface area (Å²) in [6, 6.07) is 0. The van der Waals surface area contributed by atoms with E-state index in [2.05, 4.69) is 0 Å². The predicted octanol–water partition coefficient (Wildman–Crippen LogP) is -1.92. The molecule has 1 rings (SSSR count). The topological polar surface area (TPSA) is 84.2 Å². The number of aliphatic hydroxyl groups excluding tert-OH is 1. The van der Waals surface area contributed by atoms with E-state index in [-0.39, 0.29) is 13.0 Å². The van der Waals surface area contributed by atoms with Gasteiger partial charge in [0.05, 0.1) is 0 Å². The molecule has 1 saturated heterocycles. The summed E-state index contributed by atoms with van der Waals surface area (Å²) in [5, 5.41) is 35.1. The molecule has 0 aromatic heterocycles. The Morgan fingerprint density at radius 2 is 2.00 bits per heavy atom. The van der Waals surface area contributed by atoms with E-state index in [1.807, 2.05) is 0 Å². The highest BCUT2D eigenvalue weighted by Crippen LogP contribution is 2.21. The van der Waals surface area contributed by atoms with Gasteiger partial charge in [-0.3, -0.25) is 0 Å². The Labute approximate surface area is 51.7 Å². The predicted molar refractivity (Wildman–Crippen MR) is 26.3 cm³/mol. The second kappa shape index (κ2) is 1.89. The van der Waals surface area contributed by atoms with E-state index in [1.165, 1.54) is 0 Å². The summed E-state index contributed by atoms with van der Waals surface area (Å²) in [5.74, 6) is -2.44. The molecule has 4 N–H and O–H groups in total. The lowest BCUT2D eigenvalue weighted by Gasteiger charge is -2.23. The van der Waals surface area contributed by atoms with Crippen LogP contribution < -0.4 is 0 Å². The minimum absolute atomic E-state index is 0.0775. The lowest BCUT2D eigenvalue weighted by Crippen LogP contribution is -2.48. The van der Waals surface area contributed by atoms with Crippen molar-refractivity contribution in [3.8, 4) is 0 Å². The Morgan fingerprint density at radius 3 is 2.11 bits per heavy atom. The molecular formula is C4H9NO4. The summed E-state index contributed by atoms with van der Waals surface area (Å²) in [6.07, 6.45) is -1.11. The van der Waals surface area contributed by atoms with Crippen LogP contribution in [0.4, 0.5) is 0 Å². The lowest BCUT2D eigenvalue weighted by molar-refractivity contribution is -0.364. The fourth-order valence-electron chi connectivity index (χ4n) is 0.775. The number of hydroxylamine groups is 2. The zero-order valence-corrected chi connectivity index (χ0v) is 4.73. The average molecular weight is 135 g/mol. The highest BCUT2D eigenvalue weighted by atomic mass is 16.7. The van der Waals surface area contributed by atoms with E-state index in [0.717, 1.165) is 0 Å². The summed E-state index contributed by atoms with van der Waals surface area (Å²) < 4.78 is 0. The van der Waals surface area contributed by atoms with Gasteiger partial charge >= 0.3 is 0 Å². The van der Waals surface area contributed by atoms with Crippen molar-refractivity contribution in [3.05, 3.63) is 0 Å². The normalized spacial score (nSPS) is 35.3. The highest BCUT2D eigenvalue weighted by molar-refractivity contribution is 4.79. The van der Waals surface area contributed by atoms with Crippen LogP contribution in [-0.2, 0) is 0 Å². The minimum Gasteiger partial charge on any atom is -0.386 e. The Kier molecular flexibility index (Phi) is 1.45. The fraction of sp³-hybridized carbons (Fsp3) is 1.00. The van der Waals surface area contributed by atoms with Crippen molar-refractivity contribution in [1.29, 1.82) is 0 Å². The first kappa shape index (κ1) is 6.91. The van der Waals surface area contributed by atoms with Crippen LogP contribution in [0.5, 0.6) is 0 Å². The zero-order valence-electron chi connectivity index (χ0n) is 4.73. The quantitative estimate of drug-likeness (QED) is 0.291. The third kappa shape index (κ3) is 0.930. The summed E-state index contributed by atoms with van der Waals surface area (Å²) in [5.41, 5.74) is 0. The Hall–Kier alpha value is -0.200. The molecule has 54 valence electrons. The third-order valence-corrected chi connectivity index (χ3v) is 1.44. The number of nitrogens with zero attached hydrogens (tertiary/aromatic N) is 1. The van der Waals surface area contributed by atoms with Crippen LogP contribution in [-0.4, -0.2) is 44.1 Å². The van der Waals surface area contributed by atoms with Crippen molar-refractivity contribution in [2.24, 2.45) is 0 Å². The molecule has 0 amide bonds. The summed E-state index contributed by atoms with van der Waals surface area (Å²) in [6.45, 7) is 0.0775. The molecule has 0 aromatic carbocycles. The van der Waals surface area contributed by atoms with Crippen molar-refractivity contribution in [1.82, 2.24) is 5.06 Å². The van der Waals surface area contributed by atoms with Crippen LogP contribution in [0.3, 0.4) is 0 Å². The second-order valence-corrected chi connectivity index (χ2v) is 2.11. The molecule has 0 saturated carbocycles. The summed E-state index contributed by atoms with van der Waals surface area (Å²) >= 11 is 0. The van der Waals surface area contributed by atoms with Gasteiger partial charge in [-0.05, 0) is 6.42 Å². The zero-order chi connectivity index (χ0) is 7.07. The van der Waals surface area contributed by atoms with Gasteiger partial charge in [0, 0.05) is 6.54 Å². The molecule has 0 bridgehead atoms. The van der Waals surface area contributed by atoms with Gasteiger partial charge < -0.3 is 20.5 Å². The molecule has 1 fully saturated rings. The number of hydrogen-bond donors (Lipinski definition) is 4. The number of aliphatic hydroxyl groups is 3. The molecule has 1 unspecified atom stereocenters. The molecule has 0 aliphatic carbocycles. The van der Waals surface area contributed by atoms with Crippen molar-refractivity contribution < 1.29 is 20.5 Å². The molecule has 1 aliphatic heterocycles. The molecule has 0 spiro atoms. The monoisotopic (exact) mass is 135 g/mol. The Morgan fingerprint density at radius 1 is 1.44 bits per heavy atom. The van der Waals surface area contributed by atoms with E-state index >= 15 is 0 Å². The van der Waals surface area contributed by atoms with Gasteiger partial charge in [0.2, 0.25) is 0 Å². The van der Waals surface area contributed by atoms with E-state index < -0.39 is 12.0 Å². The van der Waals surface area contributed by atoms with Crippen LogP contribution in [0.25, 0.3) is 0 Å². The minimum atomic E-state index is -2.44. The molecule has 5 nitrogen and oxygen atoms in total. The molecule has 1 atom stereocenters. The average Bonchev–Trinajstić information content (AvgIpc) is 1.96. The van der Waals surface area contributed by atoms with Crippen molar-refractivity contribution in [2.75, 3.05) is 6.54 Å². The van der Waals surface area contributed by atoms with Crippen molar-refractivity contribution in [3.63, 3.8) is 0 Å². The first-order valence-electron chi connectivity index (χ1n) is 2.64. The van der Waals surface area contributed by atoms with Gasteiger partial charge in [0.15, 0.2) is 0 Å². The van der Waals surface area contributed by atoms with Gasteiger partial charge in [-0.15, -0.1) is 5.06 Å². The first-order valence-corrected chi connectivity index (χ1v) is 2.64. The van der Waals surface area contributed by atoms with Crippen LogP contribution in [0.2, 0.25) is 0 Å². The van der Waals surface area contributed by atoms with E-state index in [0.29, 0.717) is 5.06 Å². The number of rotatable bonds is 0. The smallest absolute Gasteiger partial charge is 0.274 e. The maximum atomic E-state index is 8.73.